The van der Waals surface area contributed by atoms with Crippen molar-refractivity contribution < 1.29 is 4.79 Å². The molecule has 0 aromatic heterocycles. The molecule has 16 heavy (non-hydrogen) atoms. The highest BCUT2D eigenvalue weighted by Crippen LogP contribution is 2.08. The fourth-order valence-corrected chi connectivity index (χ4v) is 2.04. The molecule has 1 rings (SSSR count). The molecule has 94 valence electrons. The summed E-state index contributed by atoms with van der Waals surface area (Å²) in [5.74, 6) is 0.628. The first-order valence-electron chi connectivity index (χ1n) is 6.53. The van der Waals surface area contributed by atoms with E-state index in [4.69, 9.17) is 0 Å². The van der Waals surface area contributed by atoms with Gasteiger partial charge in [-0.25, -0.2) is 0 Å². The van der Waals surface area contributed by atoms with Crippen LogP contribution in [0.4, 0.5) is 0 Å². The summed E-state index contributed by atoms with van der Waals surface area (Å²) in [6, 6.07) is 0.632. The van der Waals surface area contributed by atoms with Crippen LogP contribution in [-0.2, 0) is 4.79 Å². The average molecular weight is 226 g/mol. The van der Waals surface area contributed by atoms with E-state index in [1.54, 1.807) is 0 Å². The molecule has 1 aliphatic heterocycles. The Labute approximate surface area is 99.8 Å². The molecule has 1 unspecified atom stereocenters. The molecular formula is C13H26N2O. The third-order valence-electron chi connectivity index (χ3n) is 3.68. The Kier molecular flexibility index (Phi) is 5.42. The van der Waals surface area contributed by atoms with E-state index < -0.39 is 0 Å². The summed E-state index contributed by atoms with van der Waals surface area (Å²) in [6.07, 6.45) is 0.963. The molecule has 1 saturated heterocycles. The Hall–Kier alpha value is -0.410. The molecule has 0 aliphatic carbocycles. The minimum Gasteiger partial charge on any atom is -0.298 e. The van der Waals surface area contributed by atoms with Crippen LogP contribution in [0.15, 0.2) is 0 Å². The molecule has 0 aromatic rings. The highest BCUT2D eigenvalue weighted by Gasteiger charge is 2.21. The summed E-state index contributed by atoms with van der Waals surface area (Å²) in [5, 5.41) is 0. The molecule has 0 amide bonds. The third kappa shape index (κ3) is 3.87. The predicted octanol–water partition coefficient (Wildman–Crippen LogP) is 1.63. The lowest BCUT2D eigenvalue weighted by Crippen LogP contribution is -2.50. The lowest BCUT2D eigenvalue weighted by molar-refractivity contribution is -0.124. The summed E-state index contributed by atoms with van der Waals surface area (Å²) in [4.78, 5) is 16.6. The minimum absolute atomic E-state index is 0.225. The fraction of sp³-hybridized carbons (Fsp3) is 0.923. The van der Waals surface area contributed by atoms with Crippen LogP contribution in [0.25, 0.3) is 0 Å². The number of hydrogen-bond acceptors (Lipinski definition) is 3. The first-order chi connectivity index (χ1) is 7.54. The van der Waals surface area contributed by atoms with Crippen molar-refractivity contribution in [3.05, 3.63) is 0 Å². The summed E-state index contributed by atoms with van der Waals surface area (Å²) in [7, 11) is 0. The molecule has 0 spiro atoms. The van der Waals surface area contributed by atoms with Crippen molar-refractivity contribution >= 4 is 5.78 Å². The van der Waals surface area contributed by atoms with Crippen molar-refractivity contribution in [1.29, 1.82) is 0 Å². The van der Waals surface area contributed by atoms with E-state index in [2.05, 4.69) is 30.6 Å². The largest absolute Gasteiger partial charge is 0.298 e. The maximum Gasteiger partial charge on any atom is 0.149 e. The molecule has 0 saturated carbocycles. The van der Waals surface area contributed by atoms with Crippen molar-refractivity contribution in [2.24, 2.45) is 5.92 Å². The number of nitrogens with zero attached hydrogens (tertiary/aromatic N) is 2. The van der Waals surface area contributed by atoms with Gasteiger partial charge < -0.3 is 0 Å². The molecule has 3 heteroatoms. The standard InChI is InChI=1S/C13H26N2O/c1-5-12(4)13(16)10-14-6-8-15(9-7-14)11(2)3/h11-12H,5-10H2,1-4H3. The lowest BCUT2D eigenvalue weighted by atomic mass is 10.0. The molecule has 0 radical (unpaired) electrons. The normalized spacial score (nSPS) is 21.3. The molecule has 0 bridgehead atoms. The van der Waals surface area contributed by atoms with Crippen molar-refractivity contribution in [3.63, 3.8) is 0 Å². The summed E-state index contributed by atoms with van der Waals surface area (Å²) < 4.78 is 0. The van der Waals surface area contributed by atoms with Gasteiger partial charge in [0.25, 0.3) is 0 Å². The van der Waals surface area contributed by atoms with Crippen molar-refractivity contribution in [2.75, 3.05) is 32.7 Å². The summed E-state index contributed by atoms with van der Waals surface area (Å²) in [5.41, 5.74) is 0. The van der Waals surface area contributed by atoms with Crippen LogP contribution in [0.2, 0.25) is 0 Å². The zero-order valence-corrected chi connectivity index (χ0v) is 11.2. The minimum atomic E-state index is 0.225. The molecule has 1 fully saturated rings. The lowest BCUT2D eigenvalue weighted by Gasteiger charge is -2.36. The maximum atomic E-state index is 11.8. The van der Waals surface area contributed by atoms with Gasteiger partial charge in [0.1, 0.15) is 5.78 Å². The number of rotatable bonds is 5. The number of piperazine rings is 1. The number of carbonyl (C=O) groups is 1. The zero-order chi connectivity index (χ0) is 12.1. The third-order valence-corrected chi connectivity index (χ3v) is 3.68. The maximum absolute atomic E-state index is 11.8. The van der Waals surface area contributed by atoms with E-state index in [0.29, 0.717) is 18.4 Å². The fourth-order valence-electron chi connectivity index (χ4n) is 2.04. The van der Waals surface area contributed by atoms with Crippen LogP contribution in [0.1, 0.15) is 34.1 Å². The second kappa shape index (κ2) is 6.36. The van der Waals surface area contributed by atoms with Crippen LogP contribution in [0.3, 0.4) is 0 Å². The summed E-state index contributed by atoms with van der Waals surface area (Å²) in [6.45, 7) is 13.5. The predicted molar refractivity (Wildman–Crippen MR) is 67.6 cm³/mol. The topological polar surface area (TPSA) is 23.6 Å². The number of hydrogen-bond donors (Lipinski definition) is 0. The van der Waals surface area contributed by atoms with Gasteiger partial charge in [-0.3, -0.25) is 14.6 Å². The van der Waals surface area contributed by atoms with Gasteiger partial charge in [-0.05, 0) is 20.3 Å². The SMILES string of the molecule is CCC(C)C(=O)CN1CCN(C(C)C)CC1. The Bertz CT molecular complexity index is 220. The van der Waals surface area contributed by atoms with Gasteiger partial charge in [-0.1, -0.05) is 13.8 Å². The van der Waals surface area contributed by atoms with Crippen LogP contribution >= 0.6 is 0 Å². The smallest absolute Gasteiger partial charge is 0.149 e. The Morgan fingerprint density at radius 2 is 1.69 bits per heavy atom. The molecule has 1 aliphatic rings. The van der Waals surface area contributed by atoms with Crippen LogP contribution in [-0.4, -0.2) is 54.3 Å². The van der Waals surface area contributed by atoms with E-state index in [-0.39, 0.29) is 5.92 Å². The van der Waals surface area contributed by atoms with Crippen molar-refractivity contribution in [3.8, 4) is 0 Å². The highest BCUT2D eigenvalue weighted by atomic mass is 16.1. The average Bonchev–Trinajstić information content (AvgIpc) is 2.28. The van der Waals surface area contributed by atoms with Gasteiger partial charge in [0.2, 0.25) is 0 Å². The van der Waals surface area contributed by atoms with Gasteiger partial charge >= 0.3 is 0 Å². The Morgan fingerprint density at radius 1 is 1.12 bits per heavy atom. The number of Topliss-reactive ketones (excluding diaryl/α,β-unsaturated/α-hetero) is 1. The Morgan fingerprint density at radius 3 is 2.12 bits per heavy atom. The number of ketones is 1. The van der Waals surface area contributed by atoms with E-state index in [1.807, 2.05) is 6.92 Å². The monoisotopic (exact) mass is 226 g/mol. The van der Waals surface area contributed by atoms with Crippen LogP contribution in [0.5, 0.6) is 0 Å². The van der Waals surface area contributed by atoms with E-state index in [0.717, 1.165) is 32.6 Å². The second-order valence-corrected chi connectivity index (χ2v) is 5.18. The molecule has 0 aromatic carbocycles. The van der Waals surface area contributed by atoms with Gasteiger partial charge in [-0.2, -0.15) is 0 Å². The molecule has 1 atom stereocenters. The summed E-state index contributed by atoms with van der Waals surface area (Å²) >= 11 is 0. The van der Waals surface area contributed by atoms with Crippen LogP contribution in [0, 0.1) is 5.92 Å². The van der Waals surface area contributed by atoms with E-state index in [9.17, 15) is 4.79 Å². The van der Waals surface area contributed by atoms with Gasteiger partial charge in [-0.15, -0.1) is 0 Å². The van der Waals surface area contributed by atoms with Gasteiger partial charge in [0.15, 0.2) is 0 Å². The molecule has 0 N–H and O–H groups in total. The van der Waals surface area contributed by atoms with Crippen molar-refractivity contribution in [2.45, 2.75) is 40.2 Å². The van der Waals surface area contributed by atoms with Gasteiger partial charge in [0, 0.05) is 38.1 Å². The molecule has 1 heterocycles. The van der Waals surface area contributed by atoms with Gasteiger partial charge in [0.05, 0.1) is 6.54 Å². The van der Waals surface area contributed by atoms with E-state index >= 15 is 0 Å². The molecular weight excluding hydrogens is 200 g/mol. The Balaban J connectivity index is 2.29. The number of carbonyl (C=O) groups excluding carboxylic acids is 1. The zero-order valence-electron chi connectivity index (χ0n) is 11.2. The highest BCUT2D eigenvalue weighted by molar-refractivity contribution is 5.82. The first-order valence-corrected chi connectivity index (χ1v) is 6.53. The van der Waals surface area contributed by atoms with E-state index in [1.165, 1.54) is 0 Å². The quantitative estimate of drug-likeness (QED) is 0.712. The second-order valence-electron chi connectivity index (χ2n) is 5.18. The first kappa shape index (κ1) is 13.7. The molecule has 3 nitrogen and oxygen atoms in total. The van der Waals surface area contributed by atoms with Crippen molar-refractivity contribution in [1.82, 2.24) is 9.80 Å². The van der Waals surface area contributed by atoms with Crippen LogP contribution < -0.4 is 0 Å².